The maximum atomic E-state index is 12.4. The monoisotopic (exact) mass is 397 g/mol. The standard InChI is InChI=1S/C22H20ClNO2S/c23-20-7-2-1-4-18(20)12-24-22(25)21-10-15(14-27-21)13-26-19-9-8-16-5-3-6-17(16)11-19/h1-2,4,7-11,14H,3,5-6,12-13H2,(H,24,25). The Kier molecular flexibility index (Phi) is 5.46. The van der Waals surface area contributed by atoms with Gasteiger partial charge in [-0.2, -0.15) is 0 Å². The zero-order valence-corrected chi connectivity index (χ0v) is 16.4. The van der Waals surface area contributed by atoms with Gasteiger partial charge in [0.2, 0.25) is 0 Å². The first-order valence-electron chi connectivity index (χ1n) is 9.02. The molecule has 1 amide bonds. The minimum atomic E-state index is -0.0938. The molecule has 27 heavy (non-hydrogen) atoms. The van der Waals surface area contributed by atoms with Gasteiger partial charge >= 0.3 is 0 Å². The SMILES string of the molecule is O=C(NCc1ccccc1Cl)c1cc(COc2ccc3c(c2)CCC3)cs1. The Morgan fingerprint density at radius 2 is 1.96 bits per heavy atom. The zero-order valence-electron chi connectivity index (χ0n) is 14.8. The second-order valence-corrected chi connectivity index (χ2v) is 7.98. The van der Waals surface area contributed by atoms with E-state index in [0.717, 1.165) is 23.3 Å². The van der Waals surface area contributed by atoms with E-state index in [2.05, 4.69) is 17.4 Å². The van der Waals surface area contributed by atoms with Gasteiger partial charge in [0, 0.05) is 17.1 Å². The lowest BCUT2D eigenvalue weighted by molar-refractivity contribution is 0.0955. The fourth-order valence-electron chi connectivity index (χ4n) is 3.28. The zero-order chi connectivity index (χ0) is 18.6. The number of thiophene rings is 1. The predicted molar refractivity (Wildman–Crippen MR) is 110 cm³/mol. The third-order valence-electron chi connectivity index (χ3n) is 4.75. The van der Waals surface area contributed by atoms with Crippen molar-refractivity contribution in [3.8, 4) is 5.75 Å². The summed E-state index contributed by atoms with van der Waals surface area (Å²) in [5.74, 6) is 0.801. The van der Waals surface area contributed by atoms with Gasteiger partial charge in [-0.05, 0) is 65.6 Å². The van der Waals surface area contributed by atoms with E-state index in [-0.39, 0.29) is 5.91 Å². The van der Waals surface area contributed by atoms with Crippen molar-refractivity contribution in [3.63, 3.8) is 0 Å². The fourth-order valence-corrected chi connectivity index (χ4v) is 4.29. The van der Waals surface area contributed by atoms with Crippen LogP contribution in [0.2, 0.25) is 5.02 Å². The van der Waals surface area contributed by atoms with Gasteiger partial charge < -0.3 is 10.1 Å². The summed E-state index contributed by atoms with van der Waals surface area (Å²) >= 11 is 7.55. The van der Waals surface area contributed by atoms with E-state index in [4.69, 9.17) is 16.3 Å². The average molecular weight is 398 g/mol. The maximum Gasteiger partial charge on any atom is 0.261 e. The van der Waals surface area contributed by atoms with Crippen molar-refractivity contribution in [2.75, 3.05) is 0 Å². The number of rotatable bonds is 6. The molecule has 0 unspecified atom stereocenters. The number of ether oxygens (including phenoxy) is 1. The van der Waals surface area contributed by atoms with Crippen LogP contribution in [0.3, 0.4) is 0 Å². The largest absolute Gasteiger partial charge is 0.489 e. The summed E-state index contributed by atoms with van der Waals surface area (Å²) in [6, 6.07) is 15.8. The third kappa shape index (κ3) is 4.34. The molecule has 5 heteroatoms. The Balaban J connectivity index is 1.33. The highest BCUT2D eigenvalue weighted by molar-refractivity contribution is 7.12. The summed E-state index contributed by atoms with van der Waals surface area (Å²) in [6.07, 6.45) is 3.55. The Morgan fingerprint density at radius 3 is 2.85 bits per heavy atom. The van der Waals surface area contributed by atoms with Crippen molar-refractivity contribution in [1.82, 2.24) is 5.32 Å². The number of halogens is 1. The molecular weight excluding hydrogens is 378 g/mol. The molecule has 1 aliphatic carbocycles. The number of nitrogens with one attached hydrogen (secondary N) is 1. The molecule has 0 bridgehead atoms. The molecule has 3 aromatic rings. The molecule has 0 saturated carbocycles. The van der Waals surface area contributed by atoms with Crippen LogP contribution in [-0.2, 0) is 26.0 Å². The Hall–Kier alpha value is -2.30. The molecule has 1 aromatic heterocycles. The molecule has 3 nitrogen and oxygen atoms in total. The smallest absolute Gasteiger partial charge is 0.261 e. The quantitative estimate of drug-likeness (QED) is 0.604. The molecule has 138 valence electrons. The summed E-state index contributed by atoms with van der Waals surface area (Å²) in [5.41, 5.74) is 4.75. The summed E-state index contributed by atoms with van der Waals surface area (Å²) < 4.78 is 5.91. The number of hydrogen-bond acceptors (Lipinski definition) is 3. The lowest BCUT2D eigenvalue weighted by Gasteiger charge is -2.07. The van der Waals surface area contributed by atoms with E-state index in [9.17, 15) is 4.79 Å². The highest BCUT2D eigenvalue weighted by Gasteiger charge is 2.13. The molecule has 1 heterocycles. The first kappa shape index (κ1) is 18.1. The minimum Gasteiger partial charge on any atom is -0.489 e. The van der Waals surface area contributed by atoms with Crippen LogP contribution >= 0.6 is 22.9 Å². The molecule has 0 saturated heterocycles. The number of carbonyl (C=O) groups is 1. The fraction of sp³-hybridized carbons (Fsp3) is 0.227. The van der Waals surface area contributed by atoms with Crippen LogP contribution < -0.4 is 10.1 Å². The van der Waals surface area contributed by atoms with Crippen molar-refractivity contribution in [2.24, 2.45) is 0 Å². The third-order valence-corrected chi connectivity index (χ3v) is 6.10. The number of hydrogen-bond donors (Lipinski definition) is 1. The van der Waals surface area contributed by atoms with Crippen LogP contribution in [0, 0.1) is 0 Å². The molecule has 0 aliphatic heterocycles. The maximum absolute atomic E-state index is 12.4. The molecule has 2 aromatic carbocycles. The first-order valence-corrected chi connectivity index (χ1v) is 10.3. The topological polar surface area (TPSA) is 38.3 Å². The molecule has 0 atom stereocenters. The summed E-state index contributed by atoms with van der Waals surface area (Å²) in [5, 5.41) is 5.55. The molecule has 4 rings (SSSR count). The lowest BCUT2D eigenvalue weighted by Crippen LogP contribution is -2.21. The van der Waals surface area contributed by atoms with E-state index in [0.29, 0.717) is 23.1 Å². The van der Waals surface area contributed by atoms with Crippen LogP contribution in [0.5, 0.6) is 5.75 Å². The van der Waals surface area contributed by atoms with Crippen molar-refractivity contribution >= 4 is 28.8 Å². The first-order chi connectivity index (χ1) is 13.2. The van der Waals surface area contributed by atoms with E-state index in [1.165, 1.54) is 35.3 Å². The molecular formula is C22H20ClNO2S. The van der Waals surface area contributed by atoms with Crippen molar-refractivity contribution in [3.05, 3.63) is 86.1 Å². The number of carbonyl (C=O) groups excluding carboxylic acids is 1. The number of amides is 1. The van der Waals surface area contributed by atoms with Gasteiger partial charge in [-0.25, -0.2) is 0 Å². The normalized spacial score (nSPS) is 12.6. The van der Waals surface area contributed by atoms with Gasteiger partial charge in [-0.15, -0.1) is 11.3 Å². The van der Waals surface area contributed by atoms with Gasteiger partial charge in [0.05, 0.1) is 4.88 Å². The van der Waals surface area contributed by atoms with E-state index < -0.39 is 0 Å². The van der Waals surface area contributed by atoms with E-state index in [1.807, 2.05) is 41.8 Å². The summed E-state index contributed by atoms with van der Waals surface area (Å²) in [4.78, 5) is 13.0. The van der Waals surface area contributed by atoms with Crippen molar-refractivity contribution in [2.45, 2.75) is 32.4 Å². The van der Waals surface area contributed by atoms with Crippen molar-refractivity contribution < 1.29 is 9.53 Å². The van der Waals surface area contributed by atoms with Gasteiger partial charge in [0.1, 0.15) is 12.4 Å². The molecule has 0 spiro atoms. The van der Waals surface area contributed by atoms with Gasteiger partial charge in [-0.1, -0.05) is 35.9 Å². The van der Waals surface area contributed by atoms with Crippen molar-refractivity contribution in [1.29, 1.82) is 0 Å². The van der Waals surface area contributed by atoms with Crippen LogP contribution in [0.4, 0.5) is 0 Å². The Morgan fingerprint density at radius 1 is 1.11 bits per heavy atom. The van der Waals surface area contributed by atoms with Crippen LogP contribution in [-0.4, -0.2) is 5.91 Å². The minimum absolute atomic E-state index is 0.0938. The number of benzene rings is 2. The van der Waals surface area contributed by atoms with Gasteiger partial charge in [0.25, 0.3) is 5.91 Å². The Labute approximate surface area is 167 Å². The number of aryl methyl sites for hydroxylation is 2. The second-order valence-electron chi connectivity index (χ2n) is 6.67. The Bertz CT molecular complexity index is 966. The molecule has 0 fully saturated rings. The lowest BCUT2D eigenvalue weighted by atomic mass is 10.1. The van der Waals surface area contributed by atoms with Crippen LogP contribution in [0.15, 0.2) is 53.9 Å². The van der Waals surface area contributed by atoms with Crippen LogP contribution in [0.25, 0.3) is 0 Å². The number of fused-ring (bicyclic) bond motifs is 1. The summed E-state index contributed by atoms with van der Waals surface area (Å²) in [7, 11) is 0. The predicted octanol–water partition coefficient (Wildman–Crippen LogP) is 5.40. The van der Waals surface area contributed by atoms with E-state index in [1.54, 1.807) is 0 Å². The van der Waals surface area contributed by atoms with Gasteiger partial charge in [-0.3, -0.25) is 4.79 Å². The molecule has 1 aliphatic rings. The highest BCUT2D eigenvalue weighted by atomic mass is 35.5. The highest BCUT2D eigenvalue weighted by Crippen LogP contribution is 2.27. The average Bonchev–Trinajstić information content (AvgIpc) is 3.34. The molecule has 1 N–H and O–H groups in total. The second kappa shape index (κ2) is 8.15. The summed E-state index contributed by atoms with van der Waals surface area (Å²) in [6.45, 7) is 0.879. The van der Waals surface area contributed by atoms with Gasteiger partial charge in [0.15, 0.2) is 0 Å². The molecule has 0 radical (unpaired) electrons. The van der Waals surface area contributed by atoms with E-state index >= 15 is 0 Å². The van der Waals surface area contributed by atoms with Crippen LogP contribution in [0.1, 0.15) is 38.3 Å².